The average Bonchev–Trinajstić information content (AvgIpc) is 3.12. The van der Waals surface area contributed by atoms with Gasteiger partial charge in [0.2, 0.25) is 0 Å². The van der Waals surface area contributed by atoms with E-state index in [1.807, 2.05) is 0 Å². The first kappa shape index (κ1) is 45.1. The molecule has 8 heteroatoms. The van der Waals surface area contributed by atoms with Crippen LogP contribution in [0.15, 0.2) is 170 Å². The van der Waals surface area contributed by atoms with Gasteiger partial charge >= 0.3 is 293 Å². The largest absolute Gasteiger partial charge is 1.00 e. The number of benzene rings is 6. The fraction of sp³-hybridized carbons (Fsp3) is 0.163. The molecule has 6 aromatic carbocycles. The topological polar surface area (TPSA) is 6.48 Å². The Bertz CT molecular complexity index is 1570. The standard InChI is InChI=1S/2C21H22NTe.CH2Cl2.2ClH/c2*1-22(2)17-18-11-9-10-16-21(18)23(19-12-5-3-6-13-19)20-14-7-4-8-15-20;2-1-3;;/h2*3-16H,17H2,1-2H3;1H2;2*1H/q2*+1;;;/p-2. The smallest absolute Gasteiger partial charge is 0.0967 e. The van der Waals surface area contributed by atoms with Crippen molar-refractivity contribution in [1.82, 2.24) is 9.80 Å². The molecule has 268 valence electrons. The number of halogens is 4. The van der Waals surface area contributed by atoms with E-state index in [2.05, 4.69) is 208 Å². The van der Waals surface area contributed by atoms with Gasteiger partial charge in [0.05, 0.1) is 5.34 Å². The fourth-order valence-electron chi connectivity index (χ4n) is 5.35. The molecule has 0 atom stereocenters. The molecule has 0 fully saturated rings. The van der Waals surface area contributed by atoms with Crippen LogP contribution in [0.1, 0.15) is 11.1 Å². The van der Waals surface area contributed by atoms with Crippen LogP contribution in [0.3, 0.4) is 0 Å². The van der Waals surface area contributed by atoms with E-state index in [1.165, 1.54) is 25.6 Å². The van der Waals surface area contributed by atoms with Crippen molar-refractivity contribution in [1.29, 1.82) is 0 Å². The molecule has 0 aliphatic carbocycles. The predicted octanol–water partition coefficient (Wildman–Crippen LogP) is -0.0417. The summed E-state index contributed by atoms with van der Waals surface area (Å²) < 4.78 is 9.15. The minimum atomic E-state index is -1.82. The van der Waals surface area contributed by atoms with Gasteiger partial charge in [0.1, 0.15) is 0 Å². The Morgan fingerprint density at radius 2 is 0.588 bits per heavy atom. The summed E-state index contributed by atoms with van der Waals surface area (Å²) in [5.74, 6) is 0. The van der Waals surface area contributed by atoms with E-state index < -0.39 is 39.1 Å². The second-order valence-corrected chi connectivity index (χ2v) is 23.9. The minimum Gasteiger partial charge on any atom is -1.00 e. The average molecular weight is 988 g/mol. The number of nitrogens with zero attached hydrogens (tertiary/aromatic N) is 2. The molecule has 0 N–H and O–H groups in total. The molecule has 0 aliphatic rings. The van der Waals surface area contributed by atoms with Crippen molar-refractivity contribution in [3.63, 3.8) is 0 Å². The first-order valence-corrected chi connectivity index (χ1v) is 24.2. The van der Waals surface area contributed by atoms with E-state index >= 15 is 0 Å². The predicted molar refractivity (Wildman–Crippen MR) is 219 cm³/mol. The van der Waals surface area contributed by atoms with Crippen molar-refractivity contribution >= 4 is 84.0 Å². The van der Waals surface area contributed by atoms with Crippen LogP contribution in [0, 0.1) is 0 Å². The van der Waals surface area contributed by atoms with Crippen LogP contribution in [-0.2, 0) is 13.1 Å². The molecule has 51 heavy (non-hydrogen) atoms. The zero-order valence-corrected chi connectivity index (χ0v) is 37.2. The molecular weight excluding hydrogens is 941 g/mol. The molecule has 0 unspecified atom stereocenters. The maximum atomic E-state index is 4.76. The molecule has 0 saturated carbocycles. The molecule has 0 radical (unpaired) electrons. The van der Waals surface area contributed by atoms with Crippen LogP contribution in [0.4, 0.5) is 0 Å². The Morgan fingerprint density at radius 3 is 0.824 bits per heavy atom. The van der Waals surface area contributed by atoms with Crippen LogP contribution in [0.25, 0.3) is 0 Å². The Labute approximate surface area is 342 Å². The second-order valence-electron chi connectivity index (χ2n) is 11.7. The Kier molecular flexibility index (Phi) is 22.2. The summed E-state index contributed by atoms with van der Waals surface area (Å²) in [6.45, 7) is 1.99. The van der Waals surface area contributed by atoms with Crippen LogP contribution in [-0.4, -0.2) is 82.4 Å². The van der Waals surface area contributed by atoms with Crippen LogP contribution in [0.5, 0.6) is 0 Å². The van der Waals surface area contributed by atoms with Gasteiger partial charge in [-0.2, -0.15) is 0 Å². The zero-order valence-electron chi connectivity index (χ0n) is 29.5. The van der Waals surface area contributed by atoms with Gasteiger partial charge in [0.25, 0.3) is 0 Å². The summed E-state index contributed by atoms with van der Waals surface area (Å²) in [6, 6.07) is 62.1. The van der Waals surface area contributed by atoms with Gasteiger partial charge in [0, 0.05) is 0 Å². The van der Waals surface area contributed by atoms with E-state index in [1.54, 1.807) is 7.22 Å². The molecule has 2 nitrogen and oxygen atoms in total. The van der Waals surface area contributed by atoms with Crippen molar-refractivity contribution < 1.29 is 24.8 Å². The van der Waals surface area contributed by atoms with Crippen molar-refractivity contribution in [3.05, 3.63) is 181 Å². The fourth-order valence-corrected chi connectivity index (χ4v) is 18.2. The molecular formula is C43H46Cl4N2Te2. The number of rotatable bonds is 10. The summed E-state index contributed by atoms with van der Waals surface area (Å²) in [5.41, 5.74) is 2.92. The van der Waals surface area contributed by atoms with Crippen LogP contribution < -0.4 is 46.5 Å². The summed E-state index contributed by atoms with van der Waals surface area (Å²) in [5, 5.41) is 0.194. The van der Waals surface area contributed by atoms with E-state index in [9.17, 15) is 0 Å². The third-order valence-electron chi connectivity index (χ3n) is 7.27. The zero-order chi connectivity index (χ0) is 34.8. The van der Waals surface area contributed by atoms with Crippen LogP contribution >= 0.6 is 23.2 Å². The van der Waals surface area contributed by atoms with Gasteiger partial charge < -0.3 is 24.8 Å². The minimum absolute atomic E-state index is 0. The number of alkyl halides is 2. The van der Waals surface area contributed by atoms with E-state index in [0.717, 1.165) is 13.1 Å². The SMILES string of the molecule is CN(C)Cc1ccccc1[Te+](c1ccccc1)c1ccccc1.CN(C)Cc1ccccc1[Te+](c1ccccc1)c1ccccc1.ClCCl.[Cl-].[Cl-]. The number of hydrogen-bond acceptors (Lipinski definition) is 2. The molecule has 0 bridgehead atoms. The summed E-state index contributed by atoms with van der Waals surface area (Å²) in [7, 11) is 8.56. The molecule has 0 spiro atoms. The molecule has 0 aromatic heterocycles. The molecule has 6 aromatic rings. The van der Waals surface area contributed by atoms with E-state index in [-0.39, 0.29) is 30.2 Å². The Balaban J connectivity index is 0.000000317. The third kappa shape index (κ3) is 14.4. The van der Waals surface area contributed by atoms with Gasteiger partial charge in [0.15, 0.2) is 0 Å². The van der Waals surface area contributed by atoms with Gasteiger partial charge in [-0.05, 0) is 0 Å². The molecule has 0 aliphatic heterocycles. The maximum Gasteiger partial charge on any atom is 0.0967 e. The second kappa shape index (κ2) is 25.1. The Hall–Kier alpha value is -2.02. The van der Waals surface area contributed by atoms with E-state index in [4.69, 9.17) is 23.2 Å². The van der Waals surface area contributed by atoms with E-state index in [0.29, 0.717) is 0 Å². The summed E-state index contributed by atoms with van der Waals surface area (Å²) in [6.07, 6.45) is 0. The van der Waals surface area contributed by atoms with Crippen molar-refractivity contribution in [2.75, 3.05) is 33.5 Å². The maximum absolute atomic E-state index is 4.76. The van der Waals surface area contributed by atoms with Crippen molar-refractivity contribution in [2.24, 2.45) is 0 Å². The van der Waals surface area contributed by atoms with Crippen LogP contribution in [0.2, 0.25) is 0 Å². The van der Waals surface area contributed by atoms with Crippen molar-refractivity contribution in [2.45, 2.75) is 13.1 Å². The summed E-state index contributed by atoms with van der Waals surface area (Å²) >= 11 is 5.90. The first-order chi connectivity index (χ1) is 23.9. The monoisotopic (exact) mass is 990 g/mol. The first-order valence-electron chi connectivity index (χ1n) is 16.2. The normalized spacial score (nSPS) is 10.4. The van der Waals surface area contributed by atoms with Gasteiger partial charge in [-0.15, -0.1) is 23.2 Å². The third-order valence-corrected chi connectivity index (χ3v) is 20.5. The van der Waals surface area contributed by atoms with Gasteiger partial charge in [-0.1, -0.05) is 0 Å². The quantitative estimate of drug-likeness (QED) is 0.141. The Morgan fingerprint density at radius 1 is 0.373 bits per heavy atom. The molecule has 0 heterocycles. The van der Waals surface area contributed by atoms with Gasteiger partial charge in [-0.3, -0.25) is 0 Å². The van der Waals surface area contributed by atoms with Gasteiger partial charge in [-0.25, -0.2) is 0 Å². The molecule has 6 rings (SSSR count). The van der Waals surface area contributed by atoms with Crippen molar-refractivity contribution in [3.8, 4) is 0 Å². The molecule has 0 amide bonds. The number of hydrogen-bond donors (Lipinski definition) is 0. The molecule has 0 saturated heterocycles. The summed E-state index contributed by atoms with van der Waals surface area (Å²) in [4.78, 5) is 4.51.